The van der Waals surface area contributed by atoms with E-state index in [1.807, 2.05) is 31.4 Å². The monoisotopic (exact) mass is 450 g/mol. The molecule has 1 aliphatic heterocycles. The second kappa shape index (κ2) is 9.23. The number of thioether (sulfide) groups is 2. The molecule has 2 N–H and O–H groups in total. The maximum atomic E-state index is 12.7. The maximum absolute atomic E-state index is 12.7. The smallest absolute Gasteiger partial charge is 0.228 e. The quantitative estimate of drug-likeness (QED) is 0.649. The Kier molecular flexibility index (Phi) is 6.92. The molecule has 1 atom stereocenters. The molecule has 3 rings (SSSR count). The lowest BCUT2D eigenvalue weighted by Crippen LogP contribution is -2.20. The molecule has 0 spiro atoms. The minimum Gasteiger partial charge on any atom is -0.326 e. The normalized spacial score (nSPS) is 16.5. The summed E-state index contributed by atoms with van der Waals surface area (Å²) < 4.78 is 25.4. The van der Waals surface area contributed by atoms with Crippen LogP contribution in [0.15, 0.2) is 57.2 Å². The number of anilines is 2. The van der Waals surface area contributed by atoms with Crippen molar-refractivity contribution in [1.29, 1.82) is 0 Å². The van der Waals surface area contributed by atoms with E-state index in [9.17, 15) is 18.0 Å². The fourth-order valence-electron chi connectivity index (χ4n) is 2.74. The Morgan fingerprint density at radius 3 is 2.83 bits per heavy atom. The van der Waals surface area contributed by atoms with Gasteiger partial charge in [0, 0.05) is 33.6 Å². The first kappa shape index (κ1) is 21.7. The molecule has 0 aromatic heterocycles. The number of carbonyl (C=O) groups excluding carboxylic acids is 2. The van der Waals surface area contributed by atoms with Gasteiger partial charge in [0.05, 0.1) is 16.3 Å². The third-order valence-corrected chi connectivity index (χ3v) is 8.23. The standard InChI is InChI=1S/C20H22N2O4S3/c1-13-12-28-18-7-6-16(11-17(18)22-20(13)24)29(25,26)9-8-19(23)21-14-4-3-5-15(10-14)27-2/h3-7,10-11,13H,8-9,12H2,1-2H3,(H,21,23)(H,22,24). The second-order valence-electron chi connectivity index (χ2n) is 6.71. The number of carbonyl (C=O) groups is 2. The van der Waals surface area contributed by atoms with Crippen LogP contribution in [0.2, 0.25) is 0 Å². The van der Waals surface area contributed by atoms with E-state index in [1.165, 1.54) is 23.9 Å². The molecule has 0 saturated carbocycles. The van der Waals surface area contributed by atoms with Crippen LogP contribution < -0.4 is 10.6 Å². The molecule has 6 nitrogen and oxygen atoms in total. The lowest BCUT2D eigenvalue weighted by atomic mass is 10.2. The Hall–Kier alpha value is -1.97. The highest BCUT2D eigenvalue weighted by atomic mass is 32.2. The zero-order valence-corrected chi connectivity index (χ0v) is 18.5. The molecule has 154 valence electrons. The molecule has 1 heterocycles. The van der Waals surface area contributed by atoms with Crippen molar-refractivity contribution in [2.45, 2.75) is 28.0 Å². The van der Waals surface area contributed by atoms with E-state index < -0.39 is 9.84 Å². The number of hydrogen-bond donors (Lipinski definition) is 2. The van der Waals surface area contributed by atoms with Gasteiger partial charge >= 0.3 is 0 Å². The molecule has 0 radical (unpaired) electrons. The van der Waals surface area contributed by atoms with Gasteiger partial charge in [-0.25, -0.2) is 8.42 Å². The van der Waals surface area contributed by atoms with Gasteiger partial charge in [-0.1, -0.05) is 13.0 Å². The first-order valence-electron chi connectivity index (χ1n) is 9.03. The molecular formula is C20H22N2O4S3. The Morgan fingerprint density at radius 2 is 2.07 bits per heavy atom. The molecule has 0 aliphatic carbocycles. The van der Waals surface area contributed by atoms with Crippen LogP contribution in [0.25, 0.3) is 0 Å². The van der Waals surface area contributed by atoms with Crippen molar-refractivity contribution in [2.75, 3.05) is 28.4 Å². The number of rotatable bonds is 6. The van der Waals surface area contributed by atoms with E-state index in [4.69, 9.17) is 0 Å². The molecule has 2 amide bonds. The summed E-state index contributed by atoms with van der Waals surface area (Å²) in [6, 6.07) is 12.1. The molecule has 0 fully saturated rings. The number of benzene rings is 2. The number of hydrogen-bond acceptors (Lipinski definition) is 6. The largest absolute Gasteiger partial charge is 0.326 e. The SMILES string of the molecule is CSc1cccc(NC(=O)CCS(=O)(=O)c2ccc3c(c2)NC(=O)C(C)CS3)c1. The summed E-state index contributed by atoms with van der Waals surface area (Å²) in [4.78, 5) is 26.2. The Labute approximate surface area is 179 Å². The van der Waals surface area contributed by atoms with E-state index in [2.05, 4.69) is 10.6 Å². The number of fused-ring (bicyclic) bond motifs is 1. The molecule has 9 heteroatoms. The minimum absolute atomic E-state index is 0.101. The average molecular weight is 451 g/mol. The summed E-state index contributed by atoms with van der Waals surface area (Å²) in [6.45, 7) is 1.83. The summed E-state index contributed by atoms with van der Waals surface area (Å²) in [5.41, 5.74) is 1.14. The second-order valence-corrected chi connectivity index (χ2v) is 10.8. The lowest BCUT2D eigenvalue weighted by Gasteiger charge is -2.10. The average Bonchev–Trinajstić information content (AvgIpc) is 2.84. The van der Waals surface area contributed by atoms with Gasteiger partial charge in [0.15, 0.2) is 9.84 Å². The van der Waals surface area contributed by atoms with Crippen molar-refractivity contribution in [3.8, 4) is 0 Å². The van der Waals surface area contributed by atoms with Crippen LogP contribution in [0.3, 0.4) is 0 Å². The van der Waals surface area contributed by atoms with Crippen molar-refractivity contribution < 1.29 is 18.0 Å². The first-order chi connectivity index (χ1) is 13.8. The fourth-order valence-corrected chi connectivity index (χ4v) is 5.47. The van der Waals surface area contributed by atoms with Gasteiger partial charge in [0.2, 0.25) is 11.8 Å². The zero-order chi connectivity index (χ0) is 21.0. The van der Waals surface area contributed by atoms with Crippen molar-refractivity contribution in [2.24, 2.45) is 5.92 Å². The molecule has 29 heavy (non-hydrogen) atoms. The van der Waals surface area contributed by atoms with Crippen molar-refractivity contribution >= 4 is 56.6 Å². The van der Waals surface area contributed by atoms with Gasteiger partial charge < -0.3 is 10.6 Å². The molecule has 2 aromatic carbocycles. The predicted octanol–water partition coefficient (Wildman–Crippen LogP) is 3.89. The number of sulfone groups is 1. The van der Waals surface area contributed by atoms with Crippen LogP contribution in [0.4, 0.5) is 11.4 Å². The summed E-state index contributed by atoms with van der Waals surface area (Å²) in [7, 11) is -3.66. The van der Waals surface area contributed by atoms with Crippen LogP contribution in [0.5, 0.6) is 0 Å². The Bertz CT molecular complexity index is 1040. The van der Waals surface area contributed by atoms with Crippen LogP contribution in [-0.2, 0) is 19.4 Å². The van der Waals surface area contributed by atoms with Gasteiger partial charge in [0.25, 0.3) is 0 Å². The van der Waals surface area contributed by atoms with Crippen LogP contribution in [0, 0.1) is 5.92 Å². The van der Waals surface area contributed by atoms with E-state index >= 15 is 0 Å². The van der Waals surface area contributed by atoms with E-state index in [-0.39, 0.29) is 34.8 Å². The molecule has 1 unspecified atom stereocenters. The van der Waals surface area contributed by atoms with Crippen molar-refractivity contribution in [3.05, 3.63) is 42.5 Å². The summed E-state index contributed by atoms with van der Waals surface area (Å²) in [5.74, 6) is -0.308. The maximum Gasteiger partial charge on any atom is 0.228 e. The Morgan fingerprint density at radius 1 is 1.28 bits per heavy atom. The topological polar surface area (TPSA) is 92.3 Å². The highest BCUT2D eigenvalue weighted by Gasteiger charge is 2.23. The third kappa shape index (κ3) is 5.55. The molecule has 1 aliphatic rings. The van der Waals surface area contributed by atoms with Crippen LogP contribution in [0.1, 0.15) is 13.3 Å². The molecule has 0 bridgehead atoms. The predicted molar refractivity (Wildman–Crippen MR) is 118 cm³/mol. The summed E-state index contributed by atoms with van der Waals surface area (Å²) in [6.07, 6.45) is 1.79. The van der Waals surface area contributed by atoms with Crippen molar-refractivity contribution in [3.63, 3.8) is 0 Å². The van der Waals surface area contributed by atoms with Gasteiger partial charge in [-0.05, 0) is 42.7 Å². The van der Waals surface area contributed by atoms with E-state index in [0.717, 1.165) is 9.79 Å². The molecular weight excluding hydrogens is 428 g/mol. The number of amides is 2. The van der Waals surface area contributed by atoms with E-state index in [1.54, 1.807) is 23.9 Å². The zero-order valence-electron chi connectivity index (χ0n) is 16.1. The number of nitrogens with one attached hydrogen (secondary N) is 2. The van der Waals surface area contributed by atoms with Gasteiger partial charge in [-0.3, -0.25) is 9.59 Å². The van der Waals surface area contributed by atoms with E-state index in [0.29, 0.717) is 17.1 Å². The van der Waals surface area contributed by atoms with Gasteiger partial charge in [-0.2, -0.15) is 0 Å². The fraction of sp³-hybridized carbons (Fsp3) is 0.300. The summed E-state index contributed by atoms with van der Waals surface area (Å²) in [5, 5.41) is 5.52. The van der Waals surface area contributed by atoms with Gasteiger partial charge in [-0.15, -0.1) is 23.5 Å². The lowest BCUT2D eigenvalue weighted by molar-refractivity contribution is -0.118. The molecule has 2 aromatic rings. The van der Waals surface area contributed by atoms with Crippen LogP contribution >= 0.6 is 23.5 Å². The third-order valence-electron chi connectivity index (χ3n) is 4.46. The van der Waals surface area contributed by atoms with Crippen molar-refractivity contribution in [1.82, 2.24) is 0 Å². The first-order valence-corrected chi connectivity index (χ1v) is 12.9. The highest BCUT2D eigenvalue weighted by molar-refractivity contribution is 7.99. The van der Waals surface area contributed by atoms with Gasteiger partial charge in [0.1, 0.15) is 0 Å². The Balaban J connectivity index is 1.67. The van der Waals surface area contributed by atoms with Crippen LogP contribution in [-0.4, -0.2) is 38.0 Å². The highest BCUT2D eigenvalue weighted by Crippen LogP contribution is 2.34. The summed E-state index contributed by atoms with van der Waals surface area (Å²) >= 11 is 3.08. The minimum atomic E-state index is -3.66. The molecule has 0 saturated heterocycles.